The monoisotopic (exact) mass is 306 g/mol. The fourth-order valence-electron chi connectivity index (χ4n) is 2.91. The molecule has 1 aliphatic rings. The zero-order valence-corrected chi connectivity index (χ0v) is 13.5. The summed E-state index contributed by atoms with van der Waals surface area (Å²) in [5, 5.41) is 0.816. The Morgan fingerprint density at radius 3 is 2.81 bits per heavy atom. The molecule has 0 unspecified atom stereocenters. The van der Waals surface area contributed by atoms with Gasteiger partial charge < -0.3 is 9.64 Å². The number of ether oxygens (including phenoxy) is 1. The van der Waals surface area contributed by atoms with Crippen LogP contribution in [0.3, 0.4) is 0 Å². The molecule has 1 aliphatic heterocycles. The summed E-state index contributed by atoms with van der Waals surface area (Å²) in [7, 11) is 2.16. The first-order valence-electron chi connectivity index (χ1n) is 7.62. The third kappa shape index (κ3) is 3.14. The van der Waals surface area contributed by atoms with Gasteiger partial charge in [-0.3, -0.25) is 8.75 Å². The summed E-state index contributed by atoms with van der Waals surface area (Å²) < 4.78 is 8.47. The molecule has 1 aromatic carbocycles. The van der Waals surface area contributed by atoms with Gasteiger partial charge in [-0.25, -0.2) is 0 Å². The molecule has 2 aromatic rings. The number of rotatable bonds is 4. The molecule has 2 heterocycles. The second kappa shape index (κ2) is 6.20. The summed E-state index contributed by atoms with van der Waals surface area (Å²) in [5.74, 6) is 1.47. The molecule has 3 rings (SSSR count). The lowest BCUT2D eigenvalue weighted by Crippen LogP contribution is -2.32. The molecule has 0 saturated carbocycles. The Labute approximate surface area is 129 Å². The van der Waals surface area contributed by atoms with Gasteiger partial charge in [0.15, 0.2) is 0 Å². The van der Waals surface area contributed by atoms with Crippen LogP contribution in [0.4, 0.5) is 0 Å². The van der Waals surface area contributed by atoms with Crippen LogP contribution in [-0.4, -0.2) is 35.6 Å². The van der Waals surface area contributed by atoms with Crippen molar-refractivity contribution in [2.75, 3.05) is 26.7 Å². The van der Waals surface area contributed by atoms with Crippen molar-refractivity contribution < 1.29 is 4.74 Å². The van der Waals surface area contributed by atoms with E-state index in [1.54, 1.807) is 11.5 Å². The highest BCUT2D eigenvalue weighted by molar-refractivity contribution is 7.13. The van der Waals surface area contributed by atoms with Gasteiger partial charge in [0.2, 0.25) is 0 Å². The summed E-state index contributed by atoms with van der Waals surface area (Å²) in [5.41, 5.74) is 0.150. The molecule has 0 atom stereocenters. The van der Waals surface area contributed by atoms with Gasteiger partial charge in [-0.1, -0.05) is 11.5 Å². The van der Waals surface area contributed by atoms with Crippen LogP contribution in [0.1, 0.15) is 19.8 Å². The molecule has 21 heavy (non-hydrogen) atoms. The highest BCUT2D eigenvalue weighted by Crippen LogP contribution is 2.25. The van der Waals surface area contributed by atoms with E-state index in [9.17, 15) is 4.79 Å². The summed E-state index contributed by atoms with van der Waals surface area (Å²) >= 11 is 1.57. The molecule has 1 fully saturated rings. The maximum Gasteiger partial charge on any atom is 0.268 e. The minimum atomic E-state index is 0.150. The van der Waals surface area contributed by atoms with E-state index in [1.165, 1.54) is 12.8 Å². The second-order valence-corrected chi connectivity index (χ2v) is 6.86. The molecule has 0 bridgehead atoms. The molecule has 0 amide bonds. The number of nitrogens with zero attached hydrogens (tertiary/aromatic N) is 2. The summed E-state index contributed by atoms with van der Waals surface area (Å²) in [6.45, 7) is 5.75. The van der Waals surface area contributed by atoms with Crippen molar-refractivity contribution in [1.82, 2.24) is 8.86 Å². The molecule has 5 heteroatoms. The second-order valence-electron chi connectivity index (χ2n) is 5.80. The number of hydrogen-bond acceptors (Lipinski definition) is 4. The molecule has 0 N–H and O–H groups in total. The molecular formula is C16H22N2O2S. The van der Waals surface area contributed by atoms with Crippen molar-refractivity contribution in [3.8, 4) is 5.75 Å². The largest absolute Gasteiger partial charge is 0.494 e. The smallest absolute Gasteiger partial charge is 0.268 e. The third-order valence-corrected chi connectivity index (χ3v) is 5.26. The lowest BCUT2D eigenvalue weighted by Gasteiger charge is -2.28. The average molecular weight is 306 g/mol. The van der Waals surface area contributed by atoms with Crippen LogP contribution in [0.2, 0.25) is 0 Å². The van der Waals surface area contributed by atoms with E-state index in [0.29, 0.717) is 12.5 Å². The van der Waals surface area contributed by atoms with E-state index < -0.39 is 0 Å². The minimum Gasteiger partial charge on any atom is -0.494 e. The van der Waals surface area contributed by atoms with Crippen molar-refractivity contribution >= 4 is 21.6 Å². The van der Waals surface area contributed by atoms with Gasteiger partial charge in [0.05, 0.1) is 16.7 Å². The first-order chi connectivity index (χ1) is 10.2. The Morgan fingerprint density at radius 2 is 2.10 bits per heavy atom. The Morgan fingerprint density at radius 1 is 1.33 bits per heavy atom. The van der Waals surface area contributed by atoms with Crippen LogP contribution in [0.5, 0.6) is 5.75 Å². The Balaban J connectivity index is 1.82. The van der Waals surface area contributed by atoms with Crippen molar-refractivity contribution in [2.45, 2.75) is 26.3 Å². The van der Waals surface area contributed by atoms with E-state index in [2.05, 4.69) is 11.9 Å². The van der Waals surface area contributed by atoms with E-state index in [-0.39, 0.29) is 5.56 Å². The third-order valence-electron chi connectivity index (χ3n) is 4.19. The van der Waals surface area contributed by atoms with Gasteiger partial charge in [-0.15, -0.1) is 0 Å². The lowest BCUT2D eigenvalue weighted by atomic mass is 9.97. The van der Waals surface area contributed by atoms with Gasteiger partial charge in [-0.2, -0.15) is 0 Å². The van der Waals surface area contributed by atoms with Gasteiger partial charge >= 0.3 is 0 Å². The van der Waals surface area contributed by atoms with Crippen molar-refractivity contribution in [3.05, 3.63) is 28.6 Å². The van der Waals surface area contributed by atoms with Gasteiger partial charge in [0.25, 0.3) is 5.56 Å². The van der Waals surface area contributed by atoms with Crippen LogP contribution in [-0.2, 0) is 6.54 Å². The average Bonchev–Trinajstić information content (AvgIpc) is 2.78. The number of piperidine rings is 1. The molecule has 4 nitrogen and oxygen atoms in total. The van der Waals surface area contributed by atoms with Crippen molar-refractivity contribution in [3.63, 3.8) is 0 Å². The first-order valence-corrected chi connectivity index (χ1v) is 8.40. The number of aromatic nitrogens is 1. The summed E-state index contributed by atoms with van der Waals surface area (Å²) in [6.07, 6.45) is 2.36. The summed E-state index contributed by atoms with van der Waals surface area (Å²) in [4.78, 5) is 14.8. The van der Waals surface area contributed by atoms with Crippen LogP contribution < -0.4 is 10.3 Å². The standard InChI is InChI=1S/C16H22N2O2S/c1-3-20-13-4-5-14-15(10-13)21-18(16(14)19)11-12-6-8-17(2)9-7-12/h4-5,10,12H,3,6-9,11H2,1-2H3. The molecule has 114 valence electrons. The normalized spacial score (nSPS) is 17.4. The van der Waals surface area contributed by atoms with Crippen LogP contribution in [0, 0.1) is 5.92 Å². The Hall–Kier alpha value is -1.33. The van der Waals surface area contributed by atoms with Crippen LogP contribution >= 0.6 is 11.5 Å². The van der Waals surface area contributed by atoms with Crippen LogP contribution in [0.15, 0.2) is 23.0 Å². The topological polar surface area (TPSA) is 34.5 Å². The lowest BCUT2D eigenvalue weighted by molar-refractivity contribution is 0.207. The maximum atomic E-state index is 12.5. The van der Waals surface area contributed by atoms with Gasteiger partial charge in [0, 0.05) is 6.54 Å². The first kappa shape index (κ1) is 14.6. The zero-order chi connectivity index (χ0) is 14.8. The molecule has 0 radical (unpaired) electrons. The maximum absolute atomic E-state index is 12.5. The minimum absolute atomic E-state index is 0.150. The highest BCUT2D eigenvalue weighted by Gasteiger charge is 2.19. The highest BCUT2D eigenvalue weighted by atomic mass is 32.1. The quantitative estimate of drug-likeness (QED) is 0.871. The van der Waals surface area contributed by atoms with Crippen molar-refractivity contribution in [1.29, 1.82) is 0 Å². The van der Waals surface area contributed by atoms with Gasteiger partial charge in [-0.05, 0) is 64.0 Å². The Bertz CT molecular complexity index is 668. The zero-order valence-electron chi connectivity index (χ0n) is 12.7. The number of benzene rings is 1. The van der Waals surface area contributed by atoms with E-state index in [1.807, 2.05) is 29.1 Å². The van der Waals surface area contributed by atoms with Gasteiger partial charge in [0.1, 0.15) is 5.75 Å². The molecule has 0 aliphatic carbocycles. The number of hydrogen-bond donors (Lipinski definition) is 0. The van der Waals surface area contributed by atoms with E-state index in [4.69, 9.17) is 4.74 Å². The predicted octanol–water partition coefficient (Wildman–Crippen LogP) is 2.80. The fraction of sp³-hybridized carbons (Fsp3) is 0.562. The van der Waals surface area contributed by atoms with E-state index >= 15 is 0 Å². The van der Waals surface area contributed by atoms with Crippen molar-refractivity contribution in [2.24, 2.45) is 5.92 Å². The molecule has 1 aromatic heterocycles. The molecule has 1 saturated heterocycles. The molecule has 0 spiro atoms. The number of fused-ring (bicyclic) bond motifs is 1. The Kier molecular flexibility index (Phi) is 4.31. The predicted molar refractivity (Wildman–Crippen MR) is 87.5 cm³/mol. The fourth-order valence-corrected chi connectivity index (χ4v) is 4.03. The van der Waals surface area contributed by atoms with Crippen LogP contribution in [0.25, 0.3) is 10.1 Å². The number of likely N-dealkylation sites (tertiary alicyclic amines) is 1. The summed E-state index contributed by atoms with van der Waals surface area (Å²) in [6, 6.07) is 5.76. The molecular weight excluding hydrogens is 284 g/mol. The van der Waals surface area contributed by atoms with E-state index in [0.717, 1.165) is 35.5 Å². The SMILES string of the molecule is CCOc1ccc2c(=O)n(CC3CCN(C)CC3)sc2c1.